The third-order valence-electron chi connectivity index (χ3n) is 4.12. The molecule has 7 nitrogen and oxygen atoms in total. The van der Waals surface area contributed by atoms with Crippen LogP contribution < -0.4 is 20.1 Å². The first-order chi connectivity index (χ1) is 12.8. The van der Waals surface area contributed by atoms with E-state index in [1.54, 1.807) is 7.11 Å². The van der Waals surface area contributed by atoms with Gasteiger partial charge in [-0.05, 0) is 31.5 Å². The summed E-state index contributed by atoms with van der Waals surface area (Å²) in [4.78, 5) is 7.08. The standard InChI is InChI=1S/C19H32N4O3.HI/c1-4-20-19(21-8-9-23-10-12-25-13-11-23)22-15-16-6-7-17(24-3)18(14-16)26-5-2;/h6-7,14H,4-5,8-13,15H2,1-3H3,(H2,20,21,22);1H. The van der Waals surface area contributed by atoms with Gasteiger partial charge in [0.15, 0.2) is 17.5 Å². The van der Waals surface area contributed by atoms with Gasteiger partial charge in [0.25, 0.3) is 0 Å². The number of hydrogen-bond acceptors (Lipinski definition) is 5. The van der Waals surface area contributed by atoms with Crippen LogP contribution in [0.15, 0.2) is 23.2 Å². The van der Waals surface area contributed by atoms with Crippen molar-refractivity contribution in [3.05, 3.63) is 23.8 Å². The van der Waals surface area contributed by atoms with E-state index in [4.69, 9.17) is 14.2 Å². The fourth-order valence-electron chi connectivity index (χ4n) is 2.76. The first-order valence-corrected chi connectivity index (χ1v) is 9.38. The minimum atomic E-state index is 0. The minimum absolute atomic E-state index is 0. The predicted molar refractivity (Wildman–Crippen MR) is 120 cm³/mol. The van der Waals surface area contributed by atoms with Crippen LogP contribution in [0, 0.1) is 0 Å². The molecule has 1 saturated heterocycles. The molecule has 8 heteroatoms. The van der Waals surface area contributed by atoms with E-state index in [2.05, 4.69) is 27.4 Å². The third-order valence-corrected chi connectivity index (χ3v) is 4.12. The monoisotopic (exact) mass is 492 g/mol. The maximum atomic E-state index is 5.63. The summed E-state index contributed by atoms with van der Waals surface area (Å²) < 4.78 is 16.3. The molecule has 154 valence electrons. The van der Waals surface area contributed by atoms with Crippen LogP contribution in [0.5, 0.6) is 11.5 Å². The van der Waals surface area contributed by atoms with Crippen molar-refractivity contribution >= 4 is 29.9 Å². The van der Waals surface area contributed by atoms with Gasteiger partial charge in [0.2, 0.25) is 0 Å². The van der Waals surface area contributed by atoms with E-state index in [0.29, 0.717) is 13.2 Å². The van der Waals surface area contributed by atoms with Crippen LogP contribution in [0.25, 0.3) is 0 Å². The summed E-state index contributed by atoms with van der Waals surface area (Å²) in [7, 11) is 1.65. The number of rotatable bonds is 9. The van der Waals surface area contributed by atoms with Gasteiger partial charge in [0, 0.05) is 32.7 Å². The average molecular weight is 492 g/mol. The van der Waals surface area contributed by atoms with Crippen LogP contribution in [-0.2, 0) is 11.3 Å². The topological polar surface area (TPSA) is 67.4 Å². The summed E-state index contributed by atoms with van der Waals surface area (Å²) >= 11 is 0. The van der Waals surface area contributed by atoms with Crippen molar-refractivity contribution in [2.24, 2.45) is 4.99 Å². The van der Waals surface area contributed by atoms with E-state index in [1.165, 1.54) is 0 Å². The van der Waals surface area contributed by atoms with Crippen molar-refractivity contribution in [2.75, 3.05) is 59.7 Å². The molecule has 0 unspecified atom stereocenters. The second kappa shape index (κ2) is 13.8. The summed E-state index contributed by atoms with van der Waals surface area (Å²) in [5.74, 6) is 2.33. The number of hydrogen-bond donors (Lipinski definition) is 2. The molecule has 1 aliphatic heterocycles. The van der Waals surface area contributed by atoms with Gasteiger partial charge in [0.1, 0.15) is 0 Å². The lowest BCUT2D eigenvalue weighted by Crippen LogP contribution is -2.44. The van der Waals surface area contributed by atoms with Crippen LogP contribution in [0.1, 0.15) is 19.4 Å². The summed E-state index contributed by atoms with van der Waals surface area (Å²) in [6.45, 7) is 11.6. The van der Waals surface area contributed by atoms with Crippen molar-refractivity contribution in [1.29, 1.82) is 0 Å². The van der Waals surface area contributed by atoms with Crippen LogP contribution in [-0.4, -0.2) is 70.5 Å². The van der Waals surface area contributed by atoms with Crippen molar-refractivity contribution < 1.29 is 14.2 Å². The summed E-state index contributed by atoms with van der Waals surface area (Å²) in [5.41, 5.74) is 1.08. The predicted octanol–water partition coefficient (Wildman–Crippen LogP) is 2.10. The Kier molecular flexibility index (Phi) is 12.2. The quantitative estimate of drug-likeness (QED) is 0.313. The lowest BCUT2D eigenvalue weighted by molar-refractivity contribution is 0.0389. The number of aliphatic imine (C=N–C) groups is 1. The van der Waals surface area contributed by atoms with E-state index in [-0.39, 0.29) is 24.0 Å². The Bertz CT molecular complexity index is 566. The molecule has 0 aliphatic carbocycles. The van der Waals surface area contributed by atoms with E-state index >= 15 is 0 Å². The molecule has 0 aromatic heterocycles. The van der Waals surface area contributed by atoms with Crippen molar-refractivity contribution in [3.63, 3.8) is 0 Å². The molecule has 1 aliphatic rings. The van der Waals surface area contributed by atoms with Crippen LogP contribution in [0.4, 0.5) is 0 Å². The zero-order chi connectivity index (χ0) is 18.6. The molecule has 0 bridgehead atoms. The molecule has 0 radical (unpaired) electrons. The SMILES string of the molecule is CCNC(=NCc1ccc(OC)c(OCC)c1)NCCN1CCOCC1.I. The highest BCUT2D eigenvalue weighted by Crippen LogP contribution is 2.28. The molecule has 2 rings (SSSR count). The number of ether oxygens (including phenoxy) is 3. The molecule has 1 aromatic rings. The number of benzene rings is 1. The third kappa shape index (κ3) is 8.52. The first-order valence-electron chi connectivity index (χ1n) is 9.38. The van der Waals surface area contributed by atoms with Gasteiger partial charge in [-0.15, -0.1) is 24.0 Å². The number of guanidine groups is 1. The van der Waals surface area contributed by atoms with E-state index in [1.807, 2.05) is 25.1 Å². The maximum absolute atomic E-state index is 5.63. The van der Waals surface area contributed by atoms with Crippen molar-refractivity contribution in [1.82, 2.24) is 15.5 Å². The lowest BCUT2D eigenvalue weighted by atomic mass is 10.2. The van der Waals surface area contributed by atoms with Gasteiger partial charge in [-0.3, -0.25) is 4.90 Å². The lowest BCUT2D eigenvalue weighted by Gasteiger charge is -2.26. The molecule has 1 heterocycles. The second-order valence-electron chi connectivity index (χ2n) is 5.99. The van der Waals surface area contributed by atoms with Crippen molar-refractivity contribution in [3.8, 4) is 11.5 Å². The number of nitrogens with one attached hydrogen (secondary N) is 2. The highest BCUT2D eigenvalue weighted by atomic mass is 127. The Hall–Kier alpha value is -1.26. The first kappa shape index (κ1) is 23.8. The number of nitrogens with zero attached hydrogens (tertiary/aromatic N) is 2. The van der Waals surface area contributed by atoms with E-state index < -0.39 is 0 Å². The van der Waals surface area contributed by atoms with Gasteiger partial charge in [0.05, 0.1) is 33.5 Å². The van der Waals surface area contributed by atoms with Gasteiger partial charge < -0.3 is 24.8 Å². The Morgan fingerprint density at radius 2 is 1.96 bits per heavy atom. The van der Waals surface area contributed by atoms with Crippen molar-refractivity contribution in [2.45, 2.75) is 20.4 Å². The normalized spacial score (nSPS) is 15.0. The number of methoxy groups -OCH3 is 1. The number of morpholine rings is 1. The fraction of sp³-hybridized carbons (Fsp3) is 0.632. The second-order valence-corrected chi connectivity index (χ2v) is 5.99. The largest absolute Gasteiger partial charge is 0.493 e. The Morgan fingerprint density at radius 1 is 1.19 bits per heavy atom. The molecule has 0 saturated carbocycles. The van der Waals surface area contributed by atoms with Gasteiger partial charge in [-0.1, -0.05) is 6.07 Å². The van der Waals surface area contributed by atoms with Gasteiger partial charge in [-0.25, -0.2) is 4.99 Å². The zero-order valence-electron chi connectivity index (χ0n) is 16.6. The summed E-state index contributed by atoms with van der Waals surface area (Å²) in [6.07, 6.45) is 0. The molecule has 0 spiro atoms. The van der Waals surface area contributed by atoms with Crippen LogP contribution in [0.2, 0.25) is 0 Å². The molecule has 1 aromatic carbocycles. The Labute approximate surface area is 179 Å². The molecule has 2 N–H and O–H groups in total. The molecule has 1 fully saturated rings. The molecule has 0 amide bonds. The number of halogens is 1. The van der Waals surface area contributed by atoms with Gasteiger partial charge >= 0.3 is 0 Å². The fourth-order valence-corrected chi connectivity index (χ4v) is 2.76. The average Bonchev–Trinajstić information content (AvgIpc) is 2.67. The van der Waals surface area contributed by atoms with Crippen LogP contribution in [0.3, 0.4) is 0 Å². The van der Waals surface area contributed by atoms with E-state index in [0.717, 1.165) is 69.0 Å². The molecular formula is C19H33IN4O3. The highest BCUT2D eigenvalue weighted by Gasteiger charge is 2.10. The summed E-state index contributed by atoms with van der Waals surface area (Å²) in [5, 5.41) is 6.69. The smallest absolute Gasteiger partial charge is 0.191 e. The Morgan fingerprint density at radius 3 is 2.63 bits per heavy atom. The van der Waals surface area contributed by atoms with Crippen LogP contribution >= 0.6 is 24.0 Å². The maximum Gasteiger partial charge on any atom is 0.191 e. The highest BCUT2D eigenvalue weighted by molar-refractivity contribution is 14.0. The molecule has 27 heavy (non-hydrogen) atoms. The van der Waals surface area contributed by atoms with E-state index in [9.17, 15) is 0 Å². The Balaban J connectivity index is 0.00000364. The molecule has 0 atom stereocenters. The summed E-state index contributed by atoms with van der Waals surface area (Å²) in [6, 6.07) is 5.93. The minimum Gasteiger partial charge on any atom is -0.493 e. The molecular weight excluding hydrogens is 459 g/mol. The van der Waals surface area contributed by atoms with Gasteiger partial charge in [-0.2, -0.15) is 0 Å². The zero-order valence-corrected chi connectivity index (χ0v) is 19.0.